The summed E-state index contributed by atoms with van der Waals surface area (Å²) in [5.41, 5.74) is 1.82. The van der Waals surface area contributed by atoms with Crippen molar-refractivity contribution in [2.45, 2.75) is 25.8 Å². The lowest BCUT2D eigenvalue weighted by Gasteiger charge is -2.33. The van der Waals surface area contributed by atoms with Gasteiger partial charge in [0, 0.05) is 25.7 Å². The van der Waals surface area contributed by atoms with Gasteiger partial charge in [0.1, 0.15) is 5.69 Å². The van der Waals surface area contributed by atoms with Crippen LogP contribution in [0.3, 0.4) is 0 Å². The lowest BCUT2D eigenvalue weighted by Crippen LogP contribution is -2.44. The summed E-state index contributed by atoms with van der Waals surface area (Å²) in [6.07, 6.45) is 2.20. The van der Waals surface area contributed by atoms with E-state index in [0.29, 0.717) is 11.7 Å². The molecule has 0 radical (unpaired) electrons. The first-order valence-electron chi connectivity index (χ1n) is 6.28. The van der Waals surface area contributed by atoms with Crippen molar-refractivity contribution in [2.75, 3.05) is 25.0 Å². The van der Waals surface area contributed by atoms with Crippen molar-refractivity contribution >= 4 is 11.4 Å². The van der Waals surface area contributed by atoms with Crippen LogP contribution in [-0.4, -0.2) is 31.1 Å². The van der Waals surface area contributed by atoms with E-state index in [1.165, 1.54) is 0 Å². The summed E-state index contributed by atoms with van der Waals surface area (Å²) >= 11 is 0. The van der Waals surface area contributed by atoms with Crippen molar-refractivity contribution in [1.82, 2.24) is 5.32 Å². The number of hydrogen-bond donors (Lipinski definition) is 1. The van der Waals surface area contributed by atoms with Gasteiger partial charge < -0.3 is 10.2 Å². The third-order valence-electron chi connectivity index (χ3n) is 3.53. The lowest BCUT2D eigenvalue weighted by molar-refractivity contribution is -0.384. The van der Waals surface area contributed by atoms with E-state index in [-0.39, 0.29) is 10.6 Å². The van der Waals surface area contributed by atoms with Crippen LogP contribution < -0.4 is 10.2 Å². The van der Waals surface area contributed by atoms with Crippen LogP contribution in [0, 0.1) is 17.0 Å². The van der Waals surface area contributed by atoms with Crippen molar-refractivity contribution in [1.29, 1.82) is 0 Å². The number of benzene rings is 1. The third kappa shape index (κ3) is 2.61. The smallest absolute Gasteiger partial charge is 0.292 e. The van der Waals surface area contributed by atoms with E-state index in [9.17, 15) is 10.1 Å². The Balaban J connectivity index is 2.28. The molecule has 18 heavy (non-hydrogen) atoms. The van der Waals surface area contributed by atoms with Crippen LogP contribution in [0.2, 0.25) is 0 Å². The molecule has 5 nitrogen and oxygen atoms in total. The molecule has 1 heterocycles. The number of nitrogens with one attached hydrogen (secondary N) is 1. The standard InChI is InChI=1S/C13H19N3O2/c1-10-5-6-12(13(8-10)16(17)18)15(2)11-4-3-7-14-9-11/h5-6,8,11,14H,3-4,7,9H2,1-2H3. The summed E-state index contributed by atoms with van der Waals surface area (Å²) in [5, 5.41) is 14.5. The van der Waals surface area contributed by atoms with E-state index in [0.717, 1.165) is 31.5 Å². The minimum absolute atomic E-state index is 0.197. The van der Waals surface area contributed by atoms with Crippen LogP contribution in [0.5, 0.6) is 0 Å². The number of rotatable bonds is 3. The summed E-state index contributed by atoms with van der Waals surface area (Å²) < 4.78 is 0. The molecule has 1 fully saturated rings. The quantitative estimate of drug-likeness (QED) is 0.658. The van der Waals surface area contributed by atoms with Gasteiger partial charge in [-0.1, -0.05) is 6.07 Å². The molecule has 0 aliphatic carbocycles. The van der Waals surface area contributed by atoms with Crippen LogP contribution in [0.1, 0.15) is 18.4 Å². The highest BCUT2D eigenvalue weighted by Crippen LogP contribution is 2.30. The van der Waals surface area contributed by atoms with Gasteiger partial charge in [-0.25, -0.2) is 0 Å². The number of aryl methyl sites for hydroxylation is 1. The van der Waals surface area contributed by atoms with Gasteiger partial charge in [-0.2, -0.15) is 0 Å². The Morgan fingerprint density at radius 1 is 1.50 bits per heavy atom. The number of anilines is 1. The normalized spacial score (nSPS) is 19.6. The summed E-state index contributed by atoms with van der Waals surface area (Å²) in [7, 11) is 1.94. The fraction of sp³-hybridized carbons (Fsp3) is 0.538. The lowest BCUT2D eigenvalue weighted by atomic mass is 10.0. The average molecular weight is 249 g/mol. The average Bonchev–Trinajstić information content (AvgIpc) is 2.39. The highest BCUT2D eigenvalue weighted by molar-refractivity contribution is 5.64. The van der Waals surface area contributed by atoms with Crippen molar-refractivity contribution in [2.24, 2.45) is 0 Å². The van der Waals surface area contributed by atoms with Gasteiger partial charge in [-0.3, -0.25) is 10.1 Å². The number of hydrogen-bond acceptors (Lipinski definition) is 4. The van der Waals surface area contributed by atoms with Gasteiger partial charge in [0.15, 0.2) is 0 Å². The number of nitrogens with zero attached hydrogens (tertiary/aromatic N) is 2. The van der Waals surface area contributed by atoms with Gasteiger partial charge in [-0.05, 0) is 37.9 Å². The SMILES string of the molecule is Cc1ccc(N(C)C2CCCNC2)c([N+](=O)[O-])c1. The highest BCUT2D eigenvalue weighted by atomic mass is 16.6. The van der Waals surface area contributed by atoms with Crippen molar-refractivity contribution in [3.05, 3.63) is 33.9 Å². The monoisotopic (exact) mass is 249 g/mol. The molecule has 1 aromatic rings. The van der Waals surface area contributed by atoms with Gasteiger partial charge in [0.25, 0.3) is 5.69 Å². The van der Waals surface area contributed by atoms with Gasteiger partial charge in [-0.15, -0.1) is 0 Å². The summed E-state index contributed by atoms with van der Waals surface area (Å²) in [5.74, 6) is 0. The highest BCUT2D eigenvalue weighted by Gasteiger charge is 2.24. The molecule has 1 unspecified atom stereocenters. The first kappa shape index (κ1) is 12.8. The molecule has 5 heteroatoms. The Hall–Kier alpha value is -1.62. The van der Waals surface area contributed by atoms with Crippen LogP contribution in [-0.2, 0) is 0 Å². The predicted octanol–water partition coefficient (Wildman–Crippen LogP) is 2.09. The Morgan fingerprint density at radius 2 is 2.28 bits per heavy atom. The van der Waals surface area contributed by atoms with Crippen LogP contribution in [0.25, 0.3) is 0 Å². The zero-order valence-corrected chi connectivity index (χ0v) is 10.8. The Kier molecular flexibility index (Phi) is 3.81. The molecule has 1 N–H and O–H groups in total. The van der Waals surface area contributed by atoms with Crippen LogP contribution in [0.15, 0.2) is 18.2 Å². The van der Waals surface area contributed by atoms with E-state index in [2.05, 4.69) is 5.32 Å². The van der Waals surface area contributed by atoms with E-state index in [4.69, 9.17) is 0 Å². The Labute approximate surface area is 107 Å². The fourth-order valence-electron chi connectivity index (χ4n) is 2.44. The molecule has 0 spiro atoms. The Bertz CT molecular complexity index is 442. The molecule has 1 saturated heterocycles. The van der Waals surface area contributed by atoms with Gasteiger partial charge in [0.2, 0.25) is 0 Å². The fourth-order valence-corrected chi connectivity index (χ4v) is 2.44. The molecule has 0 bridgehead atoms. The maximum Gasteiger partial charge on any atom is 0.292 e. The number of likely N-dealkylation sites (N-methyl/N-ethyl adjacent to an activating group) is 1. The number of piperidine rings is 1. The third-order valence-corrected chi connectivity index (χ3v) is 3.53. The minimum Gasteiger partial charge on any atom is -0.365 e. The molecule has 1 atom stereocenters. The molecular formula is C13H19N3O2. The minimum atomic E-state index is -0.297. The maximum atomic E-state index is 11.1. The van der Waals surface area contributed by atoms with E-state index < -0.39 is 0 Å². The predicted molar refractivity (Wildman–Crippen MR) is 72.1 cm³/mol. The van der Waals surface area contributed by atoms with Crippen molar-refractivity contribution in [3.8, 4) is 0 Å². The maximum absolute atomic E-state index is 11.1. The summed E-state index contributed by atoms with van der Waals surface area (Å²) in [6.45, 7) is 3.81. The second-order valence-electron chi connectivity index (χ2n) is 4.86. The molecule has 98 valence electrons. The summed E-state index contributed by atoms with van der Waals surface area (Å²) in [6, 6.07) is 5.75. The molecule has 1 aliphatic heterocycles. The molecular weight excluding hydrogens is 230 g/mol. The largest absolute Gasteiger partial charge is 0.365 e. The molecule has 0 aromatic heterocycles. The first-order valence-corrected chi connectivity index (χ1v) is 6.28. The van der Waals surface area contributed by atoms with E-state index in [1.54, 1.807) is 6.07 Å². The topological polar surface area (TPSA) is 58.4 Å². The van der Waals surface area contributed by atoms with Gasteiger partial charge in [0.05, 0.1) is 4.92 Å². The first-order chi connectivity index (χ1) is 8.59. The second kappa shape index (κ2) is 5.35. The molecule has 0 saturated carbocycles. The zero-order valence-electron chi connectivity index (χ0n) is 10.8. The molecule has 1 aliphatic rings. The Morgan fingerprint density at radius 3 is 2.89 bits per heavy atom. The van der Waals surface area contributed by atoms with Crippen molar-refractivity contribution in [3.63, 3.8) is 0 Å². The van der Waals surface area contributed by atoms with Crippen LogP contribution >= 0.6 is 0 Å². The molecule has 0 amide bonds. The van der Waals surface area contributed by atoms with Gasteiger partial charge >= 0.3 is 0 Å². The number of nitro benzene ring substituents is 1. The van der Waals surface area contributed by atoms with Crippen LogP contribution in [0.4, 0.5) is 11.4 Å². The van der Waals surface area contributed by atoms with E-state index in [1.807, 2.05) is 31.0 Å². The molecule has 1 aromatic carbocycles. The zero-order chi connectivity index (χ0) is 13.1. The van der Waals surface area contributed by atoms with Crippen molar-refractivity contribution < 1.29 is 4.92 Å². The van der Waals surface area contributed by atoms with E-state index >= 15 is 0 Å². The number of nitro groups is 1. The summed E-state index contributed by atoms with van der Waals surface area (Å²) in [4.78, 5) is 12.9. The molecule has 2 rings (SSSR count). The second-order valence-corrected chi connectivity index (χ2v) is 4.86.